The highest BCUT2D eigenvalue weighted by Crippen LogP contribution is 2.59. The molecule has 3 fully saturated rings. The molecule has 1 saturated heterocycles. The van der Waals surface area contributed by atoms with Crippen molar-refractivity contribution in [3.05, 3.63) is 70.8 Å². The van der Waals surface area contributed by atoms with Crippen molar-refractivity contribution < 1.29 is 19.2 Å². The first-order valence-electron chi connectivity index (χ1n) is 12.2. The summed E-state index contributed by atoms with van der Waals surface area (Å²) in [5.74, 6) is -0.521. The fourth-order valence-corrected chi connectivity index (χ4v) is 11.5. The molecule has 0 aromatic heterocycles. The first-order chi connectivity index (χ1) is 16.5. The Morgan fingerprint density at radius 1 is 0.500 bits per heavy atom. The predicted octanol–water partition coefficient (Wildman–Crippen LogP) is 5.15. The first kappa shape index (κ1) is 21.1. The van der Waals surface area contributed by atoms with Gasteiger partial charge in [0.1, 0.15) is 0 Å². The minimum atomic E-state index is -0.276. The van der Waals surface area contributed by atoms with Crippen LogP contribution in [0.15, 0.2) is 48.5 Å². The third-order valence-electron chi connectivity index (χ3n) is 8.69. The van der Waals surface area contributed by atoms with E-state index in [2.05, 4.69) is 0 Å². The van der Waals surface area contributed by atoms with Gasteiger partial charge in [-0.2, -0.15) is 23.5 Å². The molecule has 34 heavy (non-hydrogen) atoms. The highest BCUT2D eigenvalue weighted by molar-refractivity contribution is 8.08. The fraction of sp³-hybridized carbons (Fsp3) is 0.429. The minimum Gasteiger partial charge on any atom is -0.294 e. The molecular weight excluding hydrogens is 464 g/mol. The van der Waals surface area contributed by atoms with Gasteiger partial charge in [0, 0.05) is 66.9 Å². The number of fused-ring (bicyclic) bond motifs is 8. The zero-order valence-electron chi connectivity index (χ0n) is 18.5. The first-order valence-corrected chi connectivity index (χ1v) is 14.1. The molecule has 2 saturated carbocycles. The third kappa shape index (κ3) is 2.81. The Morgan fingerprint density at radius 3 is 1.24 bits per heavy atom. The van der Waals surface area contributed by atoms with Gasteiger partial charge in [0.25, 0.3) is 0 Å². The van der Waals surface area contributed by atoms with Gasteiger partial charge in [0.05, 0.1) is 0 Å². The molecule has 2 aromatic carbocycles. The van der Waals surface area contributed by atoms with Crippen molar-refractivity contribution in [1.29, 1.82) is 0 Å². The van der Waals surface area contributed by atoms with E-state index < -0.39 is 0 Å². The van der Waals surface area contributed by atoms with Gasteiger partial charge in [-0.15, -0.1) is 0 Å². The van der Waals surface area contributed by atoms with Crippen molar-refractivity contribution in [2.75, 3.05) is 0 Å². The Labute approximate surface area is 206 Å². The van der Waals surface area contributed by atoms with Gasteiger partial charge in [0.2, 0.25) is 0 Å². The zero-order valence-corrected chi connectivity index (χ0v) is 20.1. The molecule has 2 aromatic rings. The highest BCUT2D eigenvalue weighted by Gasteiger charge is 2.58. The summed E-state index contributed by atoms with van der Waals surface area (Å²) in [6, 6.07) is 14.5. The van der Waals surface area contributed by atoms with E-state index in [9.17, 15) is 19.2 Å². The molecular formula is C28H24O4S2. The molecule has 0 N–H and O–H groups in total. The number of ketones is 4. The summed E-state index contributed by atoms with van der Waals surface area (Å²) in [5, 5.41) is 0.641. The van der Waals surface area contributed by atoms with E-state index in [1.54, 1.807) is 24.3 Å². The molecule has 5 aliphatic rings. The van der Waals surface area contributed by atoms with Crippen molar-refractivity contribution in [3.63, 3.8) is 0 Å². The van der Waals surface area contributed by atoms with Gasteiger partial charge in [-0.1, -0.05) is 48.5 Å². The number of carbonyl (C=O) groups excluding carboxylic acids is 4. The highest BCUT2D eigenvalue weighted by atomic mass is 32.2. The standard InChI is InChI=1S/C28H24O4S2/c29-23-13-5-1-3-7-15(13)25(31)21-17(23)9-11-19-27(21)33-20-12-10-18-22(28(20)34-19)26(32)16-8-4-2-6-14(16)24(18)30/h1-8,17-22,27-28H,9-12H2. The topological polar surface area (TPSA) is 68.3 Å². The maximum Gasteiger partial charge on any atom is 0.168 e. The molecule has 172 valence electrons. The summed E-state index contributed by atoms with van der Waals surface area (Å²) < 4.78 is 0. The minimum absolute atomic E-state index is 0.0908. The largest absolute Gasteiger partial charge is 0.294 e. The number of hydrogen-bond donors (Lipinski definition) is 0. The van der Waals surface area contributed by atoms with Gasteiger partial charge < -0.3 is 0 Å². The lowest BCUT2D eigenvalue weighted by Crippen LogP contribution is -2.57. The van der Waals surface area contributed by atoms with Crippen LogP contribution in [0.3, 0.4) is 0 Å². The van der Waals surface area contributed by atoms with Gasteiger partial charge in [-0.25, -0.2) is 0 Å². The summed E-state index contributed by atoms with van der Waals surface area (Å²) in [5.41, 5.74) is 2.33. The Balaban J connectivity index is 1.22. The van der Waals surface area contributed by atoms with E-state index in [-0.39, 0.29) is 67.8 Å². The lowest BCUT2D eigenvalue weighted by Gasteiger charge is -2.53. The smallest absolute Gasteiger partial charge is 0.168 e. The Morgan fingerprint density at radius 2 is 0.853 bits per heavy atom. The van der Waals surface area contributed by atoms with Crippen LogP contribution in [0.2, 0.25) is 0 Å². The lowest BCUT2D eigenvalue weighted by atomic mass is 9.66. The molecule has 0 amide bonds. The second-order valence-electron chi connectivity index (χ2n) is 10.2. The quantitative estimate of drug-likeness (QED) is 0.511. The number of benzene rings is 2. The second-order valence-corrected chi connectivity index (χ2v) is 13.1. The molecule has 4 aliphatic carbocycles. The van der Waals surface area contributed by atoms with Crippen molar-refractivity contribution in [1.82, 2.24) is 0 Å². The fourth-order valence-electron chi connectivity index (χ4n) is 7.17. The summed E-state index contributed by atoms with van der Waals surface area (Å²) in [7, 11) is 0. The van der Waals surface area contributed by atoms with Gasteiger partial charge in [0.15, 0.2) is 23.1 Å². The second kappa shape index (κ2) is 7.66. The Kier molecular flexibility index (Phi) is 4.76. The maximum absolute atomic E-state index is 13.6. The van der Waals surface area contributed by atoms with E-state index >= 15 is 0 Å². The van der Waals surface area contributed by atoms with Crippen molar-refractivity contribution >= 4 is 46.7 Å². The van der Waals surface area contributed by atoms with E-state index in [0.29, 0.717) is 22.3 Å². The SMILES string of the molecule is O=C1c2ccccc2C(=O)C2C1CCC1SC3C(CCC4C(=O)c5ccccc5C(=O)C43)SC12. The third-order valence-corrected chi connectivity index (χ3v) is 12.7. The summed E-state index contributed by atoms with van der Waals surface area (Å²) in [6.07, 6.45) is 3.20. The molecule has 0 bridgehead atoms. The molecule has 7 rings (SSSR count). The molecule has 0 radical (unpaired) electrons. The van der Waals surface area contributed by atoms with Crippen LogP contribution in [0.4, 0.5) is 0 Å². The number of hydrogen-bond acceptors (Lipinski definition) is 6. The maximum atomic E-state index is 13.6. The number of rotatable bonds is 0. The molecule has 1 aliphatic heterocycles. The molecule has 8 atom stereocenters. The van der Waals surface area contributed by atoms with Crippen LogP contribution in [0, 0.1) is 23.7 Å². The molecule has 1 heterocycles. The Bertz CT molecular complexity index is 1170. The summed E-state index contributed by atoms with van der Waals surface area (Å²) in [6.45, 7) is 0. The summed E-state index contributed by atoms with van der Waals surface area (Å²) >= 11 is 3.70. The van der Waals surface area contributed by atoms with Crippen LogP contribution in [-0.2, 0) is 0 Å². The van der Waals surface area contributed by atoms with Crippen molar-refractivity contribution in [2.45, 2.75) is 46.7 Å². The van der Waals surface area contributed by atoms with Crippen LogP contribution < -0.4 is 0 Å². The van der Waals surface area contributed by atoms with E-state index in [4.69, 9.17) is 0 Å². The van der Waals surface area contributed by atoms with Gasteiger partial charge >= 0.3 is 0 Å². The van der Waals surface area contributed by atoms with Crippen LogP contribution in [-0.4, -0.2) is 44.1 Å². The average Bonchev–Trinajstić information content (AvgIpc) is 2.88. The van der Waals surface area contributed by atoms with E-state index in [1.807, 2.05) is 47.8 Å². The molecule has 0 spiro atoms. The zero-order chi connectivity index (χ0) is 23.1. The van der Waals surface area contributed by atoms with Crippen molar-refractivity contribution in [2.24, 2.45) is 23.7 Å². The molecule has 4 nitrogen and oxygen atoms in total. The predicted molar refractivity (Wildman–Crippen MR) is 133 cm³/mol. The monoisotopic (exact) mass is 488 g/mol. The summed E-state index contributed by atoms with van der Waals surface area (Å²) in [4.78, 5) is 53.8. The van der Waals surface area contributed by atoms with Crippen molar-refractivity contribution in [3.8, 4) is 0 Å². The van der Waals surface area contributed by atoms with Crippen LogP contribution in [0.1, 0.15) is 67.1 Å². The van der Waals surface area contributed by atoms with Crippen LogP contribution in [0.25, 0.3) is 0 Å². The number of carbonyl (C=O) groups is 4. The normalized spacial score (nSPS) is 38.1. The average molecular weight is 489 g/mol. The lowest BCUT2D eigenvalue weighted by molar-refractivity contribution is 0.0672. The van der Waals surface area contributed by atoms with E-state index in [0.717, 1.165) is 25.7 Å². The van der Waals surface area contributed by atoms with Gasteiger partial charge in [-0.05, 0) is 25.7 Å². The van der Waals surface area contributed by atoms with Gasteiger partial charge in [-0.3, -0.25) is 19.2 Å². The number of thioether (sulfide) groups is 2. The van der Waals surface area contributed by atoms with Crippen LogP contribution in [0.5, 0.6) is 0 Å². The molecule has 6 heteroatoms. The number of Topliss-reactive ketones (excluding diaryl/α,β-unsaturated/α-hetero) is 4. The van der Waals surface area contributed by atoms with E-state index in [1.165, 1.54) is 0 Å². The Hall–Kier alpha value is -2.18. The van der Waals surface area contributed by atoms with Crippen LogP contribution >= 0.6 is 23.5 Å². The molecule has 8 unspecified atom stereocenters.